The number of anilines is 1. The lowest BCUT2D eigenvalue weighted by Gasteiger charge is -2.26. The van der Waals surface area contributed by atoms with E-state index in [2.05, 4.69) is 5.32 Å². The van der Waals surface area contributed by atoms with Gasteiger partial charge in [0, 0.05) is 18.4 Å². The summed E-state index contributed by atoms with van der Waals surface area (Å²) in [5, 5.41) is 2.27. The second kappa shape index (κ2) is 10.2. The third-order valence-corrected chi connectivity index (χ3v) is 5.69. The zero-order chi connectivity index (χ0) is 24.1. The van der Waals surface area contributed by atoms with Gasteiger partial charge in [-0.3, -0.25) is 14.9 Å². The first kappa shape index (κ1) is 23.0. The molecule has 1 aliphatic heterocycles. The number of nitrogens with zero attached hydrogens (tertiary/aromatic N) is 2. The van der Waals surface area contributed by atoms with E-state index >= 15 is 0 Å². The number of carbonyl (C=O) groups is 3. The van der Waals surface area contributed by atoms with Gasteiger partial charge in [0.25, 0.3) is 11.8 Å². The molecule has 4 amide bonds. The highest BCUT2D eigenvalue weighted by Gasteiger charge is 2.36. The fourth-order valence-electron chi connectivity index (χ4n) is 3.74. The van der Waals surface area contributed by atoms with Gasteiger partial charge >= 0.3 is 6.03 Å². The predicted octanol–water partition coefficient (Wildman–Crippen LogP) is 4.49. The van der Waals surface area contributed by atoms with Gasteiger partial charge < -0.3 is 9.30 Å². The van der Waals surface area contributed by atoms with E-state index in [9.17, 15) is 14.4 Å². The quantitative estimate of drug-likeness (QED) is 0.307. The van der Waals surface area contributed by atoms with E-state index in [4.69, 9.17) is 4.74 Å². The van der Waals surface area contributed by atoms with E-state index < -0.39 is 17.8 Å². The molecule has 0 atom stereocenters. The molecule has 7 heteroatoms. The van der Waals surface area contributed by atoms with Crippen molar-refractivity contribution in [2.24, 2.45) is 0 Å². The molecule has 34 heavy (non-hydrogen) atoms. The molecule has 1 fully saturated rings. The van der Waals surface area contributed by atoms with Crippen LogP contribution in [0, 0.1) is 6.92 Å². The predicted molar refractivity (Wildman–Crippen MR) is 131 cm³/mol. The van der Waals surface area contributed by atoms with Gasteiger partial charge in [-0.25, -0.2) is 9.69 Å². The Morgan fingerprint density at radius 1 is 0.971 bits per heavy atom. The second-order valence-electron chi connectivity index (χ2n) is 8.12. The molecule has 0 aliphatic carbocycles. The minimum Gasteiger partial charge on any atom is -0.494 e. The molecule has 2 heterocycles. The Morgan fingerprint density at radius 2 is 1.71 bits per heavy atom. The molecule has 7 nitrogen and oxygen atoms in total. The smallest absolute Gasteiger partial charge is 0.335 e. The highest BCUT2D eigenvalue weighted by Crippen LogP contribution is 2.23. The third kappa shape index (κ3) is 5.09. The summed E-state index contributed by atoms with van der Waals surface area (Å²) in [4.78, 5) is 39.0. The number of aryl methyl sites for hydroxylation is 3. The van der Waals surface area contributed by atoms with Crippen molar-refractivity contribution in [2.75, 3.05) is 11.5 Å². The zero-order valence-electron chi connectivity index (χ0n) is 19.3. The van der Waals surface area contributed by atoms with Crippen LogP contribution in [0.3, 0.4) is 0 Å². The van der Waals surface area contributed by atoms with Gasteiger partial charge in [-0.1, -0.05) is 36.8 Å². The van der Waals surface area contributed by atoms with Crippen molar-refractivity contribution in [3.8, 4) is 5.75 Å². The van der Waals surface area contributed by atoms with Crippen LogP contribution in [0.1, 0.15) is 30.2 Å². The van der Waals surface area contributed by atoms with Gasteiger partial charge in [-0.15, -0.1) is 0 Å². The van der Waals surface area contributed by atoms with Gasteiger partial charge in [-0.05, 0) is 67.8 Å². The van der Waals surface area contributed by atoms with E-state index in [0.29, 0.717) is 24.5 Å². The molecule has 0 radical (unpaired) electrons. The van der Waals surface area contributed by atoms with E-state index in [1.54, 1.807) is 12.1 Å². The van der Waals surface area contributed by atoms with E-state index in [1.165, 1.54) is 11.6 Å². The molecule has 3 aromatic rings. The first-order valence-corrected chi connectivity index (χ1v) is 11.3. The monoisotopic (exact) mass is 457 g/mol. The Hall–Kier alpha value is -4.13. The van der Waals surface area contributed by atoms with Crippen LogP contribution in [0.2, 0.25) is 0 Å². The Labute approximate surface area is 198 Å². The standard InChI is InChI=1S/C27H27N3O4/c1-3-20-9-11-21(12-10-20)30-26(32)24(25(31)28-27(30)33)18-22-6-4-15-29(22)16-5-17-34-23-13-7-19(2)8-14-23/h4,6-15,18H,3,5,16-17H2,1-2H3,(H,28,31,33). The molecular weight excluding hydrogens is 430 g/mol. The number of barbiturate groups is 1. The van der Waals surface area contributed by atoms with Crippen LogP contribution in [0.15, 0.2) is 72.4 Å². The van der Waals surface area contributed by atoms with Crippen LogP contribution in [-0.2, 0) is 22.6 Å². The van der Waals surface area contributed by atoms with Crippen LogP contribution in [0.4, 0.5) is 10.5 Å². The number of carbonyl (C=O) groups excluding carboxylic acids is 3. The Kier molecular flexibility index (Phi) is 6.92. The van der Waals surface area contributed by atoms with Gasteiger partial charge in [-0.2, -0.15) is 0 Å². The second-order valence-corrected chi connectivity index (χ2v) is 8.12. The Balaban J connectivity index is 1.46. The lowest BCUT2D eigenvalue weighted by molar-refractivity contribution is -0.122. The lowest BCUT2D eigenvalue weighted by Crippen LogP contribution is -2.54. The van der Waals surface area contributed by atoms with Crippen molar-refractivity contribution in [1.29, 1.82) is 0 Å². The molecule has 0 bridgehead atoms. The summed E-state index contributed by atoms with van der Waals surface area (Å²) in [6.07, 6.45) is 5.00. The number of amides is 4. The number of imide groups is 2. The third-order valence-electron chi connectivity index (χ3n) is 5.69. The Morgan fingerprint density at radius 3 is 2.41 bits per heavy atom. The van der Waals surface area contributed by atoms with Gasteiger partial charge in [0.2, 0.25) is 0 Å². The number of ether oxygens (including phenoxy) is 1. The fourth-order valence-corrected chi connectivity index (χ4v) is 3.74. The van der Waals surface area contributed by atoms with Gasteiger partial charge in [0.05, 0.1) is 12.3 Å². The number of hydrogen-bond acceptors (Lipinski definition) is 4. The van der Waals surface area contributed by atoms with Crippen molar-refractivity contribution in [3.63, 3.8) is 0 Å². The minimum absolute atomic E-state index is 0.0879. The molecule has 2 aromatic carbocycles. The van der Waals surface area contributed by atoms with E-state index in [-0.39, 0.29) is 5.57 Å². The molecule has 0 saturated carbocycles. The number of nitrogens with one attached hydrogen (secondary N) is 1. The summed E-state index contributed by atoms with van der Waals surface area (Å²) in [5.74, 6) is -0.526. The number of hydrogen-bond donors (Lipinski definition) is 1. The van der Waals surface area contributed by atoms with E-state index in [1.807, 2.05) is 73.1 Å². The van der Waals surface area contributed by atoms with Crippen molar-refractivity contribution in [2.45, 2.75) is 33.2 Å². The summed E-state index contributed by atoms with van der Waals surface area (Å²) in [5.41, 5.74) is 3.29. The first-order valence-electron chi connectivity index (χ1n) is 11.3. The maximum Gasteiger partial charge on any atom is 0.335 e. The van der Waals surface area contributed by atoms with Crippen molar-refractivity contribution in [1.82, 2.24) is 9.88 Å². The Bertz CT molecular complexity index is 1220. The lowest BCUT2D eigenvalue weighted by atomic mass is 10.1. The maximum atomic E-state index is 13.1. The number of benzene rings is 2. The maximum absolute atomic E-state index is 13.1. The number of urea groups is 1. The average molecular weight is 458 g/mol. The van der Waals surface area contributed by atoms with Crippen LogP contribution in [-0.4, -0.2) is 29.0 Å². The summed E-state index contributed by atoms with van der Waals surface area (Å²) < 4.78 is 7.73. The molecule has 1 N–H and O–H groups in total. The fraction of sp³-hybridized carbons (Fsp3) is 0.222. The van der Waals surface area contributed by atoms with Crippen molar-refractivity contribution in [3.05, 3.63) is 89.3 Å². The summed E-state index contributed by atoms with van der Waals surface area (Å²) in [7, 11) is 0. The average Bonchev–Trinajstić information content (AvgIpc) is 3.28. The molecule has 174 valence electrons. The summed E-state index contributed by atoms with van der Waals surface area (Å²) >= 11 is 0. The zero-order valence-corrected chi connectivity index (χ0v) is 19.3. The normalized spacial score (nSPS) is 15.1. The summed E-state index contributed by atoms with van der Waals surface area (Å²) in [6, 6.07) is 18.0. The summed E-state index contributed by atoms with van der Waals surface area (Å²) in [6.45, 7) is 5.24. The minimum atomic E-state index is -0.750. The largest absolute Gasteiger partial charge is 0.494 e. The van der Waals surface area contributed by atoms with E-state index in [0.717, 1.165) is 29.1 Å². The molecule has 4 rings (SSSR count). The van der Waals surface area contributed by atoms with Crippen LogP contribution in [0.5, 0.6) is 5.75 Å². The van der Waals surface area contributed by atoms with Crippen LogP contribution >= 0.6 is 0 Å². The van der Waals surface area contributed by atoms with Crippen molar-refractivity contribution < 1.29 is 19.1 Å². The van der Waals surface area contributed by atoms with Gasteiger partial charge in [0.15, 0.2) is 0 Å². The highest BCUT2D eigenvalue weighted by atomic mass is 16.5. The van der Waals surface area contributed by atoms with Crippen molar-refractivity contribution >= 4 is 29.6 Å². The van der Waals surface area contributed by atoms with Crippen LogP contribution in [0.25, 0.3) is 6.08 Å². The molecule has 0 unspecified atom stereocenters. The number of aromatic nitrogens is 1. The highest BCUT2D eigenvalue weighted by molar-refractivity contribution is 6.39. The van der Waals surface area contributed by atoms with Gasteiger partial charge in [0.1, 0.15) is 11.3 Å². The molecular formula is C27H27N3O4. The molecule has 1 aromatic heterocycles. The first-order chi connectivity index (χ1) is 16.5. The molecule has 0 spiro atoms. The topological polar surface area (TPSA) is 80.6 Å². The number of rotatable bonds is 8. The SMILES string of the molecule is CCc1ccc(N2C(=O)NC(=O)C(=Cc3cccn3CCCOc3ccc(C)cc3)C2=O)cc1. The molecule has 1 aliphatic rings. The molecule has 1 saturated heterocycles. The van der Waals surface area contributed by atoms with Crippen LogP contribution < -0.4 is 15.0 Å².